The summed E-state index contributed by atoms with van der Waals surface area (Å²) in [6.45, 7) is 6.52. The second-order valence-corrected chi connectivity index (χ2v) is 7.90. The van der Waals surface area contributed by atoms with E-state index in [2.05, 4.69) is 11.8 Å². The van der Waals surface area contributed by atoms with Crippen LogP contribution in [0, 0.1) is 27.9 Å². The zero-order chi connectivity index (χ0) is 21.8. The minimum absolute atomic E-state index is 0.0382. The van der Waals surface area contributed by atoms with Crippen LogP contribution in [0.25, 0.3) is 0 Å². The number of ether oxygens (including phenoxy) is 2. The average molecular weight is 424 g/mol. The molecule has 1 aromatic rings. The summed E-state index contributed by atoms with van der Waals surface area (Å²) in [6.07, 6.45) is 0.230. The fourth-order valence-electron chi connectivity index (χ4n) is 2.52. The highest BCUT2D eigenvalue weighted by Crippen LogP contribution is 2.35. The molecule has 1 heterocycles. The van der Waals surface area contributed by atoms with Gasteiger partial charge in [0.05, 0.1) is 4.92 Å². The number of halogens is 1. The summed E-state index contributed by atoms with van der Waals surface area (Å²) in [5.74, 6) is 5.10. The maximum atomic E-state index is 11.9. The first-order valence-electron chi connectivity index (χ1n) is 8.82. The van der Waals surface area contributed by atoms with E-state index >= 15 is 0 Å². The van der Waals surface area contributed by atoms with Gasteiger partial charge in [0.2, 0.25) is 5.91 Å². The van der Waals surface area contributed by atoms with E-state index in [0.717, 1.165) is 6.07 Å². The molecular formula is C19H22ClN3O6. The Morgan fingerprint density at radius 3 is 2.55 bits per heavy atom. The predicted molar refractivity (Wildman–Crippen MR) is 106 cm³/mol. The number of benzene rings is 1. The lowest BCUT2D eigenvalue weighted by atomic mass is 9.97. The third-order valence-corrected chi connectivity index (χ3v) is 4.31. The molecule has 0 aliphatic carbocycles. The molecule has 0 aromatic heterocycles. The van der Waals surface area contributed by atoms with Crippen molar-refractivity contribution in [2.45, 2.75) is 32.8 Å². The number of nitro benzene ring substituents is 1. The van der Waals surface area contributed by atoms with Gasteiger partial charge < -0.3 is 20.1 Å². The zero-order valence-corrected chi connectivity index (χ0v) is 17.1. The second kappa shape index (κ2) is 9.01. The lowest BCUT2D eigenvalue weighted by Crippen LogP contribution is -2.51. The zero-order valence-electron chi connectivity index (χ0n) is 16.4. The lowest BCUT2D eigenvalue weighted by molar-refractivity contribution is -0.384. The van der Waals surface area contributed by atoms with Crippen LogP contribution in [0.3, 0.4) is 0 Å². The van der Waals surface area contributed by atoms with Crippen LogP contribution in [-0.2, 0) is 4.74 Å². The Hall–Kier alpha value is -2.99. The summed E-state index contributed by atoms with van der Waals surface area (Å²) < 4.78 is 10.6. The molecule has 2 amide bonds. The van der Waals surface area contributed by atoms with E-state index in [-0.39, 0.29) is 35.0 Å². The van der Waals surface area contributed by atoms with Gasteiger partial charge in [0.25, 0.3) is 5.69 Å². The van der Waals surface area contributed by atoms with Gasteiger partial charge in [-0.05, 0) is 26.8 Å². The van der Waals surface area contributed by atoms with Crippen molar-refractivity contribution in [2.75, 3.05) is 19.7 Å². The molecule has 0 unspecified atom stereocenters. The van der Waals surface area contributed by atoms with Gasteiger partial charge in [0, 0.05) is 37.1 Å². The van der Waals surface area contributed by atoms with Crippen LogP contribution in [-0.4, -0.2) is 47.1 Å². The molecule has 2 rings (SSSR count). The highest BCUT2D eigenvalue weighted by Gasteiger charge is 2.33. The van der Waals surface area contributed by atoms with E-state index < -0.39 is 22.1 Å². The molecular weight excluding hydrogens is 402 g/mol. The molecule has 0 saturated carbocycles. The number of likely N-dealkylation sites (tertiary alicyclic amines) is 1. The fraction of sp³-hybridized carbons (Fsp3) is 0.474. The second-order valence-electron chi connectivity index (χ2n) is 7.53. The van der Waals surface area contributed by atoms with Gasteiger partial charge in [-0.2, -0.15) is 0 Å². The Bertz CT molecular complexity index is 878. The predicted octanol–water partition coefficient (Wildman–Crippen LogP) is 2.99. The van der Waals surface area contributed by atoms with Gasteiger partial charge in [-0.15, -0.1) is 0 Å². The number of hydrogen-bond acceptors (Lipinski definition) is 6. The molecule has 9 nitrogen and oxygen atoms in total. The third-order valence-electron chi connectivity index (χ3n) is 3.93. The lowest BCUT2D eigenvalue weighted by Gasteiger charge is -2.39. The first-order valence-corrected chi connectivity index (χ1v) is 9.20. The molecule has 10 heteroatoms. The third kappa shape index (κ3) is 6.26. The molecule has 0 radical (unpaired) electrons. The van der Waals surface area contributed by atoms with Crippen LogP contribution < -0.4 is 10.5 Å². The summed E-state index contributed by atoms with van der Waals surface area (Å²) >= 11 is 5.95. The number of carbonyl (C=O) groups excluding carboxylic acids is 2. The van der Waals surface area contributed by atoms with E-state index in [1.807, 2.05) is 20.8 Å². The van der Waals surface area contributed by atoms with Crippen molar-refractivity contribution in [1.29, 1.82) is 0 Å². The number of primary amides is 1. The molecule has 1 fully saturated rings. The molecule has 0 atom stereocenters. The number of rotatable bonds is 5. The number of amides is 2. The molecule has 1 aromatic carbocycles. The minimum atomic E-state index is -0.833. The number of nitrogens with zero attached hydrogens (tertiary/aromatic N) is 2. The molecule has 2 N–H and O–H groups in total. The number of nitro groups is 1. The topological polar surface area (TPSA) is 125 Å². The van der Waals surface area contributed by atoms with E-state index in [0.29, 0.717) is 19.5 Å². The monoisotopic (exact) mass is 423 g/mol. The van der Waals surface area contributed by atoms with E-state index in [4.69, 9.17) is 26.8 Å². The SMILES string of the molecule is CC(C)(C)OC(=O)N1CC(CC#CCOc2cc(C(N)=O)cc([N+](=O)[O-])c2Cl)C1. The van der Waals surface area contributed by atoms with Crippen molar-refractivity contribution in [3.05, 3.63) is 32.8 Å². The molecule has 156 valence electrons. The van der Waals surface area contributed by atoms with Crippen LogP contribution in [0.2, 0.25) is 5.02 Å². The van der Waals surface area contributed by atoms with Crippen LogP contribution in [0.1, 0.15) is 37.6 Å². The molecule has 1 aliphatic rings. The number of nitrogens with two attached hydrogens (primary N) is 1. The van der Waals surface area contributed by atoms with E-state index in [9.17, 15) is 19.7 Å². The maximum absolute atomic E-state index is 11.9. The standard InChI is InChI=1S/C19H22ClN3O6/c1-19(2,3)29-18(25)22-10-12(11-22)6-4-5-7-28-15-9-13(17(21)24)8-14(16(15)20)23(26)27/h8-9,12H,6-7,10-11H2,1-3H3,(H2,21,24). The van der Waals surface area contributed by atoms with Crippen molar-refractivity contribution in [2.24, 2.45) is 11.7 Å². The minimum Gasteiger partial charge on any atom is -0.479 e. The number of hydrogen-bond donors (Lipinski definition) is 1. The Labute approximate surface area is 173 Å². The summed E-state index contributed by atoms with van der Waals surface area (Å²) in [5.41, 5.74) is 4.10. The largest absolute Gasteiger partial charge is 0.479 e. The van der Waals surface area contributed by atoms with Gasteiger partial charge in [0.15, 0.2) is 5.02 Å². The first kappa shape index (κ1) is 22.3. The summed E-state index contributed by atoms with van der Waals surface area (Å²) in [4.78, 5) is 35.1. The van der Waals surface area contributed by atoms with Crippen molar-refractivity contribution in [3.8, 4) is 17.6 Å². The van der Waals surface area contributed by atoms with Crippen molar-refractivity contribution in [3.63, 3.8) is 0 Å². The molecule has 0 spiro atoms. The molecule has 0 bridgehead atoms. The average Bonchev–Trinajstić information content (AvgIpc) is 2.55. The van der Waals surface area contributed by atoms with Crippen molar-refractivity contribution in [1.82, 2.24) is 4.90 Å². The Morgan fingerprint density at radius 2 is 2.00 bits per heavy atom. The van der Waals surface area contributed by atoms with Crippen LogP contribution >= 0.6 is 11.6 Å². The normalized spacial score (nSPS) is 13.7. The molecule has 1 aliphatic heterocycles. The van der Waals surface area contributed by atoms with Gasteiger partial charge >= 0.3 is 6.09 Å². The maximum Gasteiger partial charge on any atom is 0.410 e. The van der Waals surface area contributed by atoms with Crippen LogP contribution in [0.15, 0.2) is 12.1 Å². The molecule has 1 saturated heterocycles. The Kier molecular flexibility index (Phi) is 6.93. The van der Waals surface area contributed by atoms with Crippen molar-refractivity contribution < 1.29 is 24.0 Å². The molecule has 29 heavy (non-hydrogen) atoms. The summed E-state index contributed by atoms with van der Waals surface area (Å²) in [7, 11) is 0. The van der Waals surface area contributed by atoms with E-state index in [1.54, 1.807) is 4.90 Å². The highest BCUT2D eigenvalue weighted by atomic mass is 35.5. The highest BCUT2D eigenvalue weighted by molar-refractivity contribution is 6.34. The first-order chi connectivity index (χ1) is 13.5. The smallest absolute Gasteiger partial charge is 0.410 e. The van der Waals surface area contributed by atoms with Crippen LogP contribution in [0.5, 0.6) is 5.75 Å². The van der Waals surface area contributed by atoms with Gasteiger partial charge in [0.1, 0.15) is 18.0 Å². The summed E-state index contributed by atoms with van der Waals surface area (Å²) in [6, 6.07) is 2.24. The van der Waals surface area contributed by atoms with Crippen molar-refractivity contribution >= 4 is 29.3 Å². The fourth-order valence-corrected chi connectivity index (χ4v) is 2.75. The van der Waals surface area contributed by atoms with Gasteiger partial charge in [-0.1, -0.05) is 23.4 Å². The van der Waals surface area contributed by atoms with Gasteiger partial charge in [-0.3, -0.25) is 14.9 Å². The Morgan fingerprint density at radius 1 is 1.34 bits per heavy atom. The Balaban J connectivity index is 1.85. The quantitative estimate of drug-likeness (QED) is 0.441. The summed E-state index contributed by atoms with van der Waals surface area (Å²) in [5, 5.41) is 10.8. The number of carbonyl (C=O) groups is 2. The van der Waals surface area contributed by atoms with Crippen LogP contribution in [0.4, 0.5) is 10.5 Å². The van der Waals surface area contributed by atoms with E-state index in [1.165, 1.54) is 6.07 Å². The van der Waals surface area contributed by atoms with Gasteiger partial charge in [-0.25, -0.2) is 4.79 Å².